The molecule has 0 unspecified atom stereocenters. The lowest BCUT2D eigenvalue weighted by Crippen LogP contribution is -1.96. The van der Waals surface area contributed by atoms with Crippen molar-refractivity contribution < 1.29 is 8.83 Å². The number of fused-ring (bicyclic) bond motifs is 6. The van der Waals surface area contributed by atoms with Crippen LogP contribution in [0.2, 0.25) is 0 Å². The van der Waals surface area contributed by atoms with E-state index in [0.29, 0.717) is 5.82 Å². The van der Waals surface area contributed by atoms with E-state index in [1.807, 2.05) is 66.7 Å². The first-order valence-corrected chi connectivity index (χ1v) is 14.7. The van der Waals surface area contributed by atoms with Crippen LogP contribution in [-0.4, -0.2) is 9.97 Å². The topological polar surface area (TPSA) is 52.1 Å². The molecule has 9 rings (SSSR count). The molecular weight excluding hydrogens is 540 g/mol. The van der Waals surface area contributed by atoms with E-state index in [1.165, 1.54) is 0 Å². The van der Waals surface area contributed by atoms with E-state index < -0.39 is 0 Å². The molecule has 0 saturated heterocycles. The first-order valence-electron chi connectivity index (χ1n) is 14.7. The standard InChI is InChI=1S/C40H24N2O2/c1-3-12-25(13-4-1)31-22-27(23-37-39(31)30-17-8-10-20-35(30)44-37)40-41-32(26-14-5-2-6-15-26)24-33(42-40)28-18-11-21-36-38(28)29-16-7-9-19-34(29)43-36/h1-24H. The Morgan fingerprint density at radius 1 is 0.364 bits per heavy atom. The number of hydrogen-bond donors (Lipinski definition) is 0. The summed E-state index contributed by atoms with van der Waals surface area (Å²) in [5.41, 5.74) is 10.1. The largest absolute Gasteiger partial charge is 0.456 e. The summed E-state index contributed by atoms with van der Waals surface area (Å²) in [6.07, 6.45) is 0. The fourth-order valence-electron chi connectivity index (χ4n) is 6.29. The second-order valence-electron chi connectivity index (χ2n) is 11.0. The van der Waals surface area contributed by atoms with Crippen LogP contribution in [0.15, 0.2) is 154 Å². The fourth-order valence-corrected chi connectivity index (χ4v) is 6.29. The van der Waals surface area contributed by atoms with Gasteiger partial charge in [0, 0.05) is 38.2 Å². The molecule has 3 heterocycles. The molecule has 0 bridgehead atoms. The fraction of sp³-hybridized carbons (Fsp3) is 0. The summed E-state index contributed by atoms with van der Waals surface area (Å²) >= 11 is 0. The van der Waals surface area contributed by atoms with Gasteiger partial charge in [0.15, 0.2) is 5.82 Å². The lowest BCUT2D eigenvalue weighted by molar-refractivity contribution is 0.668. The summed E-state index contributed by atoms with van der Waals surface area (Å²) in [4.78, 5) is 10.4. The predicted molar refractivity (Wildman–Crippen MR) is 178 cm³/mol. The van der Waals surface area contributed by atoms with Crippen molar-refractivity contribution >= 4 is 43.9 Å². The van der Waals surface area contributed by atoms with Crippen LogP contribution in [0.5, 0.6) is 0 Å². The number of nitrogens with zero attached hydrogens (tertiary/aromatic N) is 2. The maximum atomic E-state index is 6.43. The zero-order valence-corrected chi connectivity index (χ0v) is 23.6. The van der Waals surface area contributed by atoms with Gasteiger partial charge in [-0.15, -0.1) is 0 Å². The summed E-state index contributed by atoms with van der Waals surface area (Å²) in [6.45, 7) is 0. The molecule has 0 fully saturated rings. The van der Waals surface area contributed by atoms with Crippen LogP contribution in [-0.2, 0) is 0 Å². The molecule has 206 valence electrons. The molecular formula is C40H24N2O2. The SMILES string of the molecule is c1ccc(-c2cc(-c3cccc4oc5ccccc5c34)nc(-c3cc(-c4ccccc4)c4c(c3)oc3ccccc34)n2)cc1. The minimum absolute atomic E-state index is 0.630. The van der Waals surface area contributed by atoms with Crippen molar-refractivity contribution in [1.29, 1.82) is 0 Å². The molecule has 0 radical (unpaired) electrons. The van der Waals surface area contributed by atoms with Crippen molar-refractivity contribution in [3.05, 3.63) is 146 Å². The van der Waals surface area contributed by atoms with E-state index in [4.69, 9.17) is 18.8 Å². The number of para-hydroxylation sites is 2. The van der Waals surface area contributed by atoms with Gasteiger partial charge in [0.25, 0.3) is 0 Å². The molecule has 9 aromatic rings. The highest BCUT2D eigenvalue weighted by molar-refractivity contribution is 6.14. The zero-order valence-electron chi connectivity index (χ0n) is 23.6. The molecule has 0 aliphatic heterocycles. The van der Waals surface area contributed by atoms with Gasteiger partial charge in [0.1, 0.15) is 22.3 Å². The minimum Gasteiger partial charge on any atom is -0.456 e. The van der Waals surface area contributed by atoms with Crippen LogP contribution in [0, 0.1) is 0 Å². The molecule has 44 heavy (non-hydrogen) atoms. The summed E-state index contributed by atoms with van der Waals surface area (Å²) in [7, 11) is 0. The van der Waals surface area contributed by atoms with E-state index in [1.54, 1.807) is 0 Å². The molecule has 6 aromatic carbocycles. The van der Waals surface area contributed by atoms with Gasteiger partial charge in [-0.3, -0.25) is 0 Å². The van der Waals surface area contributed by atoms with Gasteiger partial charge in [-0.1, -0.05) is 109 Å². The average molecular weight is 565 g/mol. The maximum Gasteiger partial charge on any atom is 0.160 e. The Labute approximate surface area is 252 Å². The molecule has 0 N–H and O–H groups in total. The van der Waals surface area contributed by atoms with Crippen LogP contribution in [0.3, 0.4) is 0 Å². The summed E-state index contributed by atoms with van der Waals surface area (Å²) in [5, 5.41) is 4.29. The quantitative estimate of drug-likeness (QED) is 0.213. The van der Waals surface area contributed by atoms with Crippen LogP contribution < -0.4 is 0 Å². The Balaban J connectivity index is 1.34. The Kier molecular flexibility index (Phi) is 5.47. The van der Waals surface area contributed by atoms with E-state index in [0.717, 1.165) is 83.1 Å². The van der Waals surface area contributed by atoms with Gasteiger partial charge in [-0.2, -0.15) is 0 Å². The number of rotatable bonds is 4. The predicted octanol–water partition coefficient (Wildman–Crippen LogP) is 10.9. The van der Waals surface area contributed by atoms with Crippen molar-refractivity contribution in [2.24, 2.45) is 0 Å². The smallest absolute Gasteiger partial charge is 0.160 e. The normalized spacial score (nSPS) is 11.6. The van der Waals surface area contributed by atoms with Crippen LogP contribution in [0.25, 0.3) is 88.9 Å². The molecule has 3 aromatic heterocycles. The number of benzene rings is 6. The number of hydrogen-bond acceptors (Lipinski definition) is 4. The highest BCUT2D eigenvalue weighted by Crippen LogP contribution is 2.41. The van der Waals surface area contributed by atoms with Crippen LogP contribution >= 0.6 is 0 Å². The van der Waals surface area contributed by atoms with Crippen molar-refractivity contribution in [2.75, 3.05) is 0 Å². The van der Waals surface area contributed by atoms with Crippen LogP contribution in [0.1, 0.15) is 0 Å². The molecule has 0 aliphatic rings. The monoisotopic (exact) mass is 564 g/mol. The van der Waals surface area contributed by atoms with Gasteiger partial charge in [-0.05, 0) is 47.5 Å². The van der Waals surface area contributed by atoms with E-state index in [2.05, 4.69) is 78.9 Å². The van der Waals surface area contributed by atoms with E-state index in [9.17, 15) is 0 Å². The Bertz CT molecular complexity index is 2490. The maximum absolute atomic E-state index is 6.43. The van der Waals surface area contributed by atoms with Crippen molar-refractivity contribution in [2.45, 2.75) is 0 Å². The summed E-state index contributed by atoms with van der Waals surface area (Å²) in [5.74, 6) is 0.630. The van der Waals surface area contributed by atoms with E-state index >= 15 is 0 Å². The summed E-state index contributed by atoms with van der Waals surface area (Å²) in [6, 6.07) is 49.6. The van der Waals surface area contributed by atoms with Gasteiger partial charge in [-0.25, -0.2) is 9.97 Å². The van der Waals surface area contributed by atoms with Gasteiger partial charge >= 0.3 is 0 Å². The molecule has 0 spiro atoms. The molecule has 4 heteroatoms. The molecule has 0 saturated carbocycles. The number of furan rings is 2. The Morgan fingerprint density at radius 3 is 1.66 bits per heavy atom. The van der Waals surface area contributed by atoms with Gasteiger partial charge < -0.3 is 8.83 Å². The van der Waals surface area contributed by atoms with Gasteiger partial charge in [0.2, 0.25) is 0 Å². The van der Waals surface area contributed by atoms with Crippen molar-refractivity contribution in [1.82, 2.24) is 9.97 Å². The minimum atomic E-state index is 0.630. The van der Waals surface area contributed by atoms with Crippen molar-refractivity contribution in [3.8, 4) is 45.0 Å². The Hall–Kier alpha value is -6.00. The highest BCUT2D eigenvalue weighted by atomic mass is 16.3. The first kappa shape index (κ1) is 24.6. The van der Waals surface area contributed by atoms with Crippen LogP contribution in [0.4, 0.5) is 0 Å². The lowest BCUT2D eigenvalue weighted by atomic mass is 9.96. The Morgan fingerprint density at radius 2 is 0.932 bits per heavy atom. The zero-order chi connectivity index (χ0) is 29.0. The third-order valence-electron chi connectivity index (χ3n) is 8.30. The molecule has 0 amide bonds. The third-order valence-corrected chi connectivity index (χ3v) is 8.30. The van der Waals surface area contributed by atoms with E-state index in [-0.39, 0.29) is 0 Å². The second-order valence-corrected chi connectivity index (χ2v) is 11.0. The number of aromatic nitrogens is 2. The molecule has 0 atom stereocenters. The summed E-state index contributed by atoms with van der Waals surface area (Å²) < 4.78 is 12.7. The molecule has 4 nitrogen and oxygen atoms in total. The van der Waals surface area contributed by atoms with Gasteiger partial charge in [0.05, 0.1) is 11.4 Å². The second kappa shape index (κ2) is 9.79. The first-order chi connectivity index (χ1) is 21.8. The third kappa shape index (κ3) is 3.92. The highest BCUT2D eigenvalue weighted by Gasteiger charge is 2.19. The van der Waals surface area contributed by atoms with Crippen molar-refractivity contribution in [3.63, 3.8) is 0 Å². The molecule has 0 aliphatic carbocycles. The average Bonchev–Trinajstić information content (AvgIpc) is 3.67. The lowest BCUT2D eigenvalue weighted by Gasteiger charge is -2.12.